The number of hydrogen-bond acceptors (Lipinski definition) is 4. The van der Waals surface area contributed by atoms with Crippen LogP contribution in [-0.4, -0.2) is 33.4 Å². The van der Waals surface area contributed by atoms with E-state index in [1.54, 1.807) is 32.9 Å². The van der Waals surface area contributed by atoms with Crippen molar-refractivity contribution in [1.82, 2.24) is 5.32 Å². The van der Waals surface area contributed by atoms with Crippen LogP contribution in [0.1, 0.15) is 33.3 Å². The fourth-order valence-electron chi connectivity index (χ4n) is 1.83. The molecule has 0 spiro atoms. The molecule has 0 aliphatic heterocycles. The normalized spacial score (nSPS) is 14.0. The van der Waals surface area contributed by atoms with Crippen LogP contribution >= 0.6 is 31.9 Å². The monoisotopic (exact) mass is 451 g/mol. The summed E-state index contributed by atoms with van der Waals surface area (Å²) in [6.07, 6.45) is -0.793. The predicted octanol–water partition coefficient (Wildman–Crippen LogP) is 3.83. The first-order valence-corrected chi connectivity index (χ1v) is 8.34. The number of aliphatic carboxylic acids is 1. The molecule has 0 heterocycles. The Balaban J connectivity index is 3.02. The Kier molecular flexibility index (Phi) is 6.09. The molecule has 0 aromatic heterocycles. The van der Waals surface area contributed by atoms with Crippen LogP contribution in [-0.2, 0) is 16.0 Å². The van der Waals surface area contributed by atoms with Crippen LogP contribution in [0.4, 0.5) is 4.79 Å². The molecule has 0 saturated carbocycles. The van der Waals surface area contributed by atoms with Crippen molar-refractivity contribution >= 4 is 43.9 Å². The van der Waals surface area contributed by atoms with Crippen molar-refractivity contribution < 1.29 is 24.5 Å². The molecule has 1 rings (SSSR count). The predicted molar refractivity (Wildman–Crippen MR) is 92.6 cm³/mol. The zero-order valence-corrected chi connectivity index (χ0v) is 16.4. The highest BCUT2D eigenvalue weighted by atomic mass is 79.9. The Hall–Kier alpha value is -1.28. The molecule has 3 N–H and O–H groups in total. The van der Waals surface area contributed by atoms with Crippen molar-refractivity contribution in [2.75, 3.05) is 0 Å². The van der Waals surface area contributed by atoms with Crippen molar-refractivity contribution in [3.05, 3.63) is 26.6 Å². The molecule has 1 amide bonds. The summed E-state index contributed by atoms with van der Waals surface area (Å²) < 4.78 is 5.96. The molecule has 1 aromatic rings. The van der Waals surface area contributed by atoms with Crippen molar-refractivity contribution in [3.8, 4) is 5.75 Å². The second-order valence-corrected chi connectivity index (χ2v) is 8.06. The first-order chi connectivity index (χ1) is 10.3. The lowest BCUT2D eigenvalue weighted by Gasteiger charge is -2.28. The number of aromatic hydroxyl groups is 1. The summed E-state index contributed by atoms with van der Waals surface area (Å²) in [4.78, 5) is 23.5. The second kappa shape index (κ2) is 7.09. The van der Waals surface area contributed by atoms with E-state index in [2.05, 4.69) is 37.2 Å². The summed E-state index contributed by atoms with van der Waals surface area (Å²) in [5.74, 6) is -1.17. The summed E-state index contributed by atoms with van der Waals surface area (Å²) in [5, 5.41) is 21.6. The average Bonchev–Trinajstić information content (AvgIpc) is 2.32. The Bertz CT molecular complexity index is 604. The van der Waals surface area contributed by atoms with E-state index in [-0.39, 0.29) is 12.2 Å². The SMILES string of the molecule is CC(C)(C)OC(=O)NC(C)(Cc1cc(Br)c(O)c(Br)c1)C(=O)O. The zero-order valence-electron chi connectivity index (χ0n) is 13.2. The number of rotatable bonds is 4. The Morgan fingerprint density at radius 1 is 1.17 bits per heavy atom. The van der Waals surface area contributed by atoms with Crippen molar-refractivity contribution in [3.63, 3.8) is 0 Å². The largest absolute Gasteiger partial charge is 0.506 e. The molecular weight excluding hydrogens is 434 g/mol. The number of carbonyl (C=O) groups excluding carboxylic acids is 1. The lowest BCUT2D eigenvalue weighted by molar-refractivity contribution is -0.144. The maximum atomic E-state index is 11.9. The number of alkyl carbamates (subject to hydrolysis) is 1. The molecule has 1 unspecified atom stereocenters. The molecule has 1 aromatic carbocycles. The van der Waals surface area contributed by atoms with Gasteiger partial charge in [-0.15, -0.1) is 0 Å². The first-order valence-electron chi connectivity index (χ1n) is 6.75. The van der Waals surface area contributed by atoms with E-state index >= 15 is 0 Å². The zero-order chi connectivity index (χ0) is 18.0. The Morgan fingerprint density at radius 2 is 1.65 bits per heavy atom. The molecule has 23 heavy (non-hydrogen) atoms. The number of carboxylic acids is 1. The third kappa shape index (κ3) is 5.69. The van der Waals surface area contributed by atoms with Crippen molar-refractivity contribution in [1.29, 1.82) is 0 Å². The average molecular weight is 453 g/mol. The van der Waals surface area contributed by atoms with Gasteiger partial charge in [-0.2, -0.15) is 0 Å². The minimum atomic E-state index is -1.56. The van der Waals surface area contributed by atoms with Gasteiger partial charge >= 0.3 is 12.1 Å². The number of halogens is 2. The summed E-state index contributed by atoms with van der Waals surface area (Å²) in [5.41, 5.74) is -1.67. The van der Waals surface area contributed by atoms with E-state index in [4.69, 9.17) is 4.74 Å². The van der Waals surface area contributed by atoms with Crippen LogP contribution in [0.25, 0.3) is 0 Å². The third-order valence-electron chi connectivity index (χ3n) is 2.88. The van der Waals surface area contributed by atoms with Gasteiger partial charge in [-0.25, -0.2) is 9.59 Å². The molecule has 0 radical (unpaired) electrons. The minimum absolute atomic E-state index is 0.0130. The van der Waals surface area contributed by atoms with E-state index in [1.807, 2.05) is 0 Å². The van der Waals surface area contributed by atoms with Gasteiger partial charge in [0.25, 0.3) is 0 Å². The van der Waals surface area contributed by atoms with E-state index in [1.165, 1.54) is 6.92 Å². The van der Waals surface area contributed by atoms with Gasteiger partial charge in [-0.1, -0.05) is 0 Å². The molecule has 128 valence electrons. The van der Waals surface area contributed by atoms with Crippen LogP contribution in [0.5, 0.6) is 5.75 Å². The second-order valence-electron chi connectivity index (χ2n) is 6.35. The van der Waals surface area contributed by atoms with Crippen LogP contribution in [0.15, 0.2) is 21.1 Å². The van der Waals surface area contributed by atoms with Gasteiger partial charge in [0, 0.05) is 6.42 Å². The van der Waals surface area contributed by atoms with E-state index in [9.17, 15) is 19.8 Å². The van der Waals surface area contributed by atoms with Gasteiger partial charge in [0.2, 0.25) is 0 Å². The van der Waals surface area contributed by atoms with Gasteiger partial charge < -0.3 is 20.3 Å². The van der Waals surface area contributed by atoms with Crippen molar-refractivity contribution in [2.45, 2.75) is 45.3 Å². The number of carboxylic acid groups (broad SMARTS) is 1. The van der Waals surface area contributed by atoms with E-state index in [0.717, 1.165) is 0 Å². The quantitative estimate of drug-likeness (QED) is 0.645. The van der Waals surface area contributed by atoms with Gasteiger partial charge in [-0.05, 0) is 77.3 Å². The highest BCUT2D eigenvalue weighted by Crippen LogP contribution is 2.34. The Morgan fingerprint density at radius 3 is 2.04 bits per heavy atom. The molecule has 0 aliphatic rings. The maximum absolute atomic E-state index is 11.9. The summed E-state index contributed by atoms with van der Waals surface area (Å²) in [6, 6.07) is 3.19. The number of phenolic OH excluding ortho intramolecular Hbond substituents is 1. The highest BCUT2D eigenvalue weighted by molar-refractivity contribution is 9.11. The number of amides is 1. The number of carbonyl (C=O) groups is 2. The smallest absolute Gasteiger partial charge is 0.408 e. The van der Waals surface area contributed by atoms with Gasteiger partial charge in [-0.3, -0.25) is 0 Å². The number of ether oxygens (including phenoxy) is 1. The highest BCUT2D eigenvalue weighted by Gasteiger charge is 2.37. The molecule has 8 heteroatoms. The standard InChI is InChI=1S/C15H19Br2NO5/c1-14(2,3)23-13(22)18-15(4,12(20)21)7-8-5-9(16)11(19)10(17)6-8/h5-6,19H,7H2,1-4H3,(H,18,22)(H,20,21). The van der Waals surface area contributed by atoms with E-state index in [0.29, 0.717) is 14.5 Å². The lowest BCUT2D eigenvalue weighted by Crippen LogP contribution is -2.54. The number of nitrogens with one attached hydrogen (secondary N) is 1. The van der Waals surface area contributed by atoms with Crippen molar-refractivity contribution in [2.24, 2.45) is 0 Å². The summed E-state index contributed by atoms with van der Waals surface area (Å²) in [6.45, 7) is 6.48. The van der Waals surface area contributed by atoms with Crippen LogP contribution < -0.4 is 5.32 Å². The maximum Gasteiger partial charge on any atom is 0.408 e. The first kappa shape index (κ1) is 19.8. The van der Waals surface area contributed by atoms with Crippen LogP contribution in [0.2, 0.25) is 0 Å². The summed E-state index contributed by atoms with van der Waals surface area (Å²) in [7, 11) is 0. The number of benzene rings is 1. The van der Waals surface area contributed by atoms with E-state index < -0.39 is 23.2 Å². The van der Waals surface area contributed by atoms with Crippen LogP contribution in [0, 0.1) is 0 Å². The third-order valence-corrected chi connectivity index (χ3v) is 4.09. The van der Waals surface area contributed by atoms with Gasteiger partial charge in [0.15, 0.2) is 0 Å². The molecule has 0 aliphatic carbocycles. The number of phenols is 1. The minimum Gasteiger partial charge on any atom is -0.506 e. The van der Waals surface area contributed by atoms with Gasteiger partial charge in [0.05, 0.1) is 8.95 Å². The Labute approximate surface area is 151 Å². The fraction of sp³-hybridized carbons (Fsp3) is 0.467. The van der Waals surface area contributed by atoms with Gasteiger partial charge in [0.1, 0.15) is 16.9 Å². The lowest BCUT2D eigenvalue weighted by atomic mass is 9.93. The molecule has 1 atom stereocenters. The number of hydrogen-bond donors (Lipinski definition) is 3. The molecule has 0 bridgehead atoms. The molecule has 6 nitrogen and oxygen atoms in total. The topological polar surface area (TPSA) is 95.9 Å². The fourth-order valence-corrected chi connectivity index (χ4v) is 3.11. The van der Waals surface area contributed by atoms with Crippen LogP contribution in [0.3, 0.4) is 0 Å². The summed E-state index contributed by atoms with van der Waals surface area (Å²) >= 11 is 6.39. The molecule has 0 fully saturated rings. The molecular formula is C15H19Br2NO5. The molecule has 0 saturated heterocycles.